The number of nitrogens with zero attached hydrogens (tertiary/aromatic N) is 1. The quantitative estimate of drug-likeness (QED) is 0.806. The average molecular weight is 284 g/mol. The van der Waals surface area contributed by atoms with E-state index in [2.05, 4.69) is 0 Å². The van der Waals surface area contributed by atoms with Crippen molar-refractivity contribution in [3.05, 3.63) is 29.3 Å². The van der Waals surface area contributed by atoms with E-state index in [1.165, 1.54) is 16.4 Å². The number of aliphatic hydroxyl groups excluding tert-OH is 1. The normalized spacial score (nSPS) is 20.6. The second kappa shape index (κ2) is 4.92. The fourth-order valence-corrected chi connectivity index (χ4v) is 3.62. The third kappa shape index (κ3) is 2.63. The summed E-state index contributed by atoms with van der Waals surface area (Å²) in [6.45, 7) is 2.06. The van der Waals surface area contributed by atoms with Crippen LogP contribution in [0.15, 0.2) is 23.1 Å². The molecule has 0 spiro atoms. The van der Waals surface area contributed by atoms with Gasteiger partial charge in [0, 0.05) is 18.7 Å². The largest absolute Gasteiger partial charge is 0.392 e. The van der Waals surface area contributed by atoms with Gasteiger partial charge in [-0.2, -0.15) is 4.31 Å². The maximum atomic E-state index is 12.3. The minimum absolute atomic E-state index is 0.0287. The summed E-state index contributed by atoms with van der Waals surface area (Å²) in [5.41, 5.74) is 6.04. The van der Waals surface area contributed by atoms with Crippen molar-refractivity contribution in [3.63, 3.8) is 0 Å². The number of aryl methyl sites for hydroxylation is 1. The van der Waals surface area contributed by atoms with Gasteiger partial charge in [0.05, 0.1) is 11.0 Å². The van der Waals surface area contributed by atoms with E-state index in [0.29, 0.717) is 12.0 Å². The van der Waals surface area contributed by atoms with E-state index in [0.717, 1.165) is 0 Å². The second-order valence-corrected chi connectivity index (χ2v) is 6.58. The summed E-state index contributed by atoms with van der Waals surface area (Å²) < 4.78 is 25.9. The lowest BCUT2D eigenvalue weighted by atomic mass is 10.1. The van der Waals surface area contributed by atoms with Crippen LogP contribution >= 0.6 is 0 Å². The van der Waals surface area contributed by atoms with Gasteiger partial charge in [-0.1, -0.05) is 6.07 Å². The van der Waals surface area contributed by atoms with Gasteiger partial charge < -0.3 is 10.8 Å². The summed E-state index contributed by atoms with van der Waals surface area (Å²) in [6.07, 6.45) is -0.204. The summed E-state index contributed by atoms with van der Waals surface area (Å²) >= 11 is 0. The standard InChI is InChI=1S/C12H16N2O4S/c1-8-2-3-10(6-11(8)12(13)16)19(17,18)14-5-4-9(15)7-14/h2-3,6,9,15H,4-5,7H2,1H3,(H2,13,16). The third-order valence-corrected chi connectivity index (χ3v) is 5.10. The van der Waals surface area contributed by atoms with Gasteiger partial charge in [0.15, 0.2) is 0 Å². The van der Waals surface area contributed by atoms with Crippen molar-refractivity contribution in [1.82, 2.24) is 4.31 Å². The van der Waals surface area contributed by atoms with Gasteiger partial charge in [0.25, 0.3) is 0 Å². The van der Waals surface area contributed by atoms with Crippen LogP contribution in [0.3, 0.4) is 0 Å². The highest BCUT2D eigenvalue weighted by atomic mass is 32.2. The number of β-amino-alcohol motifs (C(OH)–C–C–N with tert-alkyl or cyclic N) is 1. The van der Waals surface area contributed by atoms with Crippen molar-refractivity contribution in [1.29, 1.82) is 0 Å². The number of carbonyl (C=O) groups excluding carboxylic acids is 1. The Balaban J connectivity index is 2.41. The molecule has 1 aromatic carbocycles. The zero-order chi connectivity index (χ0) is 14.2. The number of hydrogen-bond acceptors (Lipinski definition) is 4. The van der Waals surface area contributed by atoms with Crippen molar-refractivity contribution in [2.24, 2.45) is 5.73 Å². The molecular weight excluding hydrogens is 268 g/mol. The predicted octanol–water partition coefficient (Wildman–Crippen LogP) is -0.151. The third-order valence-electron chi connectivity index (χ3n) is 3.24. The second-order valence-electron chi connectivity index (χ2n) is 4.65. The molecule has 1 unspecified atom stereocenters. The number of primary amides is 1. The number of amides is 1. The van der Waals surface area contributed by atoms with Crippen LogP contribution in [0.1, 0.15) is 22.3 Å². The Morgan fingerprint density at radius 1 is 1.47 bits per heavy atom. The van der Waals surface area contributed by atoms with Crippen molar-refractivity contribution in [2.45, 2.75) is 24.3 Å². The molecular formula is C12H16N2O4S. The molecule has 0 bridgehead atoms. The Kier molecular flexibility index (Phi) is 3.62. The molecule has 19 heavy (non-hydrogen) atoms. The molecule has 0 saturated carbocycles. The number of aliphatic hydroxyl groups is 1. The summed E-state index contributed by atoms with van der Waals surface area (Å²) in [4.78, 5) is 11.3. The van der Waals surface area contributed by atoms with Crippen LogP contribution in [-0.2, 0) is 10.0 Å². The van der Waals surface area contributed by atoms with E-state index < -0.39 is 22.0 Å². The van der Waals surface area contributed by atoms with Gasteiger partial charge in [-0.15, -0.1) is 0 Å². The molecule has 104 valence electrons. The van der Waals surface area contributed by atoms with Gasteiger partial charge in [0.1, 0.15) is 0 Å². The molecule has 0 aliphatic carbocycles. The summed E-state index contributed by atoms with van der Waals surface area (Å²) in [5.74, 6) is -0.656. The number of hydrogen-bond donors (Lipinski definition) is 2. The highest BCUT2D eigenvalue weighted by Crippen LogP contribution is 2.23. The first-order valence-corrected chi connectivity index (χ1v) is 7.35. The van der Waals surface area contributed by atoms with Crippen LogP contribution in [-0.4, -0.2) is 42.9 Å². The molecule has 1 aromatic rings. The van der Waals surface area contributed by atoms with E-state index >= 15 is 0 Å². The molecule has 1 saturated heterocycles. The lowest BCUT2D eigenvalue weighted by molar-refractivity contribution is 0.0999. The molecule has 1 aliphatic rings. The summed E-state index contributed by atoms with van der Waals surface area (Å²) in [6, 6.07) is 4.29. The predicted molar refractivity (Wildman–Crippen MR) is 69.1 cm³/mol. The number of nitrogens with two attached hydrogens (primary N) is 1. The number of benzene rings is 1. The Morgan fingerprint density at radius 3 is 2.68 bits per heavy atom. The molecule has 3 N–H and O–H groups in total. The first kappa shape index (κ1) is 14.0. The lowest BCUT2D eigenvalue weighted by Gasteiger charge is -2.16. The van der Waals surface area contributed by atoms with Gasteiger partial charge in [0.2, 0.25) is 15.9 Å². The minimum Gasteiger partial charge on any atom is -0.392 e. The van der Waals surface area contributed by atoms with Crippen molar-refractivity contribution < 1.29 is 18.3 Å². The smallest absolute Gasteiger partial charge is 0.249 e. The van der Waals surface area contributed by atoms with Crippen LogP contribution in [0, 0.1) is 6.92 Å². The maximum Gasteiger partial charge on any atom is 0.249 e. The van der Waals surface area contributed by atoms with Crippen LogP contribution in [0.5, 0.6) is 0 Å². The van der Waals surface area contributed by atoms with E-state index in [1.807, 2.05) is 0 Å². The fourth-order valence-electron chi connectivity index (χ4n) is 2.11. The SMILES string of the molecule is Cc1ccc(S(=O)(=O)N2CCC(O)C2)cc1C(N)=O. The van der Waals surface area contributed by atoms with Gasteiger partial charge in [-0.05, 0) is 31.0 Å². The van der Waals surface area contributed by atoms with Crippen molar-refractivity contribution in [3.8, 4) is 0 Å². The first-order valence-electron chi connectivity index (χ1n) is 5.91. The average Bonchev–Trinajstić information content (AvgIpc) is 2.76. The molecule has 0 aromatic heterocycles. The first-order chi connectivity index (χ1) is 8.82. The zero-order valence-corrected chi connectivity index (χ0v) is 11.4. The highest BCUT2D eigenvalue weighted by molar-refractivity contribution is 7.89. The van der Waals surface area contributed by atoms with Crippen LogP contribution in [0.25, 0.3) is 0 Å². The Morgan fingerprint density at radius 2 is 2.16 bits per heavy atom. The minimum atomic E-state index is -3.68. The molecule has 1 atom stereocenters. The molecule has 1 fully saturated rings. The number of sulfonamides is 1. The monoisotopic (exact) mass is 284 g/mol. The molecule has 1 amide bonds. The molecule has 1 aliphatic heterocycles. The fraction of sp³-hybridized carbons (Fsp3) is 0.417. The van der Waals surface area contributed by atoms with Crippen molar-refractivity contribution >= 4 is 15.9 Å². The molecule has 7 heteroatoms. The Labute approximate surface area is 111 Å². The number of rotatable bonds is 3. The van der Waals surface area contributed by atoms with Crippen LogP contribution in [0.2, 0.25) is 0 Å². The van der Waals surface area contributed by atoms with E-state index in [9.17, 15) is 18.3 Å². The van der Waals surface area contributed by atoms with Gasteiger partial charge >= 0.3 is 0 Å². The van der Waals surface area contributed by atoms with E-state index in [1.54, 1.807) is 13.0 Å². The lowest BCUT2D eigenvalue weighted by Crippen LogP contribution is -2.30. The van der Waals surface area contributed by atoms with Crippen LogP contribution < -0.4 is 5.73 Å². The zero-order valence-electron chi connectivity index (χ0n) is 10.5. The summed E-state index contributed by atoms with van der Waals surface area (Å²) in [5, 5.41) is 9.42. The maximum absolute atomic E-state index is 12.3. The molecule has 1 heterocycles. The van der Waals surface area contributed by atoms with Crippen LogP contribution in [0.4, 0.5) is 0 Å². The van der Waals surface area contributed by atoms with Gasteiger partial charge in [-0.3, -0.25) is 4.79 Å². The van der Waals surface area contributed by atoms with Crippen molar-refractivity contribution in [2.75, 3.05) is 13.1 Å². The summed E-state index contributed by atoms with van der Waals surface area (Å²) in [7, 11) is -3.68. The highest BCUT2D eigenvalue weighted by Gasteiger charge is 2.31. The topological polar surface area (TPSA) is 101 Å². The number of carbonyl (C=O) groups is 1. The van der Waals surface area contributed by atoms with Gasteiger partial charge in [-0.25, -0.2) is 8.42 Å². The Bertz CT molecular complexity index is 612. The van der Waals surface area contributed by atoms with E-state index in [-0.39, 0.29) is 23.5 Å². The molecule has 0 radical (unpaired) electrons. The molecule has 2 rings (SSSR count). The molecule has 6 nitrogen and oxygen atoms in total. The van der Waals surface area contributed by atoms with E-state index in [4.69, 9.17) is 5.73 Å². The Hall–Kier alpha value is -1.44.